The van der Waals surface area contributed by atoms with E-state index in [1.165, 1.54) is 26.7 Å². The number of rotatable bonds is 9. The Morgan fingerprint density at radius 3 is 2.32 bits per heavy atom. The number of fused-ring (bicyclic) bond motifs is 6. The van der Waals surface area contributed by atoms with Gasteiger partial charge < -0.3 is 48.6 Å². The summed E-state index contributed by atoms with van der Waals surface area (Å²) in [4.78, 5) is 51.7. The van der Waals surface area contributed by atoms with Crippen molar-refractivity contribution in [2.45, 2.75) is 112 Å². The number of aromatic amines is 1. The molecule has 4 aromatic rings. The number of aryl methyl sites for hydroxylation is 1. The monoisotopic (exact) mass is 947 g/mol. The van der Waals surface area contributed by atoms with E-state index in [1.807, 2.05) is 43.1 Å². The number of benzene rings is 3. The number of aromatic nitrogens is 1. The van der Waals surface area contributed by atoms with Crippen LogP contribution in [0.2, 0.25) is 0 Å². The molecule has 6 aliphatic rings. The average Bonchev–Trinajstić information content (AvgIpc) is 4.01. The first kappa shape index (κ1) is 48.8. The molecule has 5 aliphatic heterocycles. The van der Waals surface area contributed by atoms with Gasteiger partial charge in [-0.05, 0) is 68.3 Å². The highest BCUT2D eigenvalue weighted by molar-refractivity contribution is 5.95. The third-order valence-corrected chi connectivity index (χ3v) is 17.6. The molecule has 14 nitrogen and oxygen atoms in total. The standard InChI is InChI=1S/C54H67N4O9.CH3O/c1-8-50(62)29-36-30-53(48(60)65-6,44-38(37-19-13-14-21-41(37)55-44)20-15-26-58(32-36,33-50)31-35-17-11-10-12-18-35)40-27-39-42(28-43(40)64-5)56(4)46-52(39)23-25-57-24-16-22-51(9-2,45(52)57)47(67-34(3)59)54(46,63)49(61)66-7;1-2/h10-14,16-19,21-22,27-28,36,45-47,55,62-63H,8-9,15,20,23-26,29-33H2,1-7H3;1H3/q+1;-1/t36-,45-,46+,47+,50-,51+,52+,53+,54-,58?;/m0./s1. The van der Waals surface area contributed by atoms with E-state index in [0.717, 1.165) is 66.6 Å². The molecule has 1 spiro atoms. The number of nitrogens with one attached hydrogen (secondary N) is 1. The lowest BCUT2D eigenvalue weighted by Crippen LogP contribution is -2.81. The van der Waals surface area contributed by atoms with Crippen molar-refractivity contribution >= 4 is 34.5 Å². The van der Waals surface area contributed by atoms with Gasteiger partial charge >= 0.3 is 17.9 Å². The number of carbonyl (C=O) groups excluding carboxylic acids is 3. The van der Waals surface area contributed by atoms with Crippen molar-refractivity contribution in [1.29, 1.82) is 0 Å². The van der Waals surface area contributed by atoms with Crippen molar-refractivity contribution in [3.63, 3.8) is 0 Å². The Balaban J connectivity index is 0.00000293. The highest BCUT2D eigenvalue weighted by atomic mass is 16.6. The average molecular weight is 947 g/mol. The van der Waals surface area contributed by atoms with Crippen LogP contribution in [0.3, 0.4) is 0 Å². The minimum Gasteiger partial charge on any atom is -0.857 e. The molecule has 2 bridgehead atoms. The third-order valence-electron chi connectivity index (χ3n) is 17.6. The third kappa shape index (κ3) is 7.01. The summed E-state index contributed by atoms with van der Waals surface area (Å²) in [5, 5.41) is 35.5. The van der Waals surface area contributed by atoms with E-state index in [1.54, 1.807) is 7.11 Å². The van der Waals surface area contributed by atoms with Gasteiger partial charge in [-0.2, -0.15) is 7.11 Å². The molecule has 0 radical (unpaired) electrons. The van der Waals surface area contributed by atoms with Crippen LogP contribution in [0.5, 0.6) is 5.75 Å². The molecule has 2 saturated heterocycles. The van der Waals surface area contributed by atoms with Crippen LogP contribution in [-0.2, 0) is 52.4 Å². The largest absolute Gasteiger partial charge is 0.857 e. The topological polar surface area (TPSA) is 174 Å². The van der Waals surface area contributed by atoms with Crippen molar-refractivity contribution in [3.05, 3.63) is 107 Å². The second-order valence-electron chi connectivity index (χ2n) is 20.9. The lowest BCUT2D eigenvalue weighted by Gasteiger charge is -2.63. The van der Waals surface area contributed by atoms with Crippen LogP contribution < -0.4 is 14.7 Å². The van der Waals surface area contributed by atoms with Crippen LogP contribution in [0.1, 0.15) is 87.2 Å². The van der Waals surface area contributed by atoms with E-state index in [0.29, 0.717) is 74.0 Å². The van der Waals surface area contributed by atoms with Crippen LogP contribution in [0, 0.1) is 11.3 Å². The Labute approximate surface area is 405 Å². The van der Waals surface area contributed by atoms with Gasteiger partial charge in [0.15, 0.2) is 6.10 Å². The number of likely N-dealkylation sites (N-methyl/N-ethyl adjacent to an activating group) is 1. The Morgan fingerprint density at radius 1 is 0.913 bits per heavy atom. The number of esters is 3. The van der Waals surface area contributed by atoms with E-state index in [9.17, 15) is 19.8 Å². The van der Waals surface area contributed by atoms with Crippen LogP contribution in [-0.4, -0.2) is 140 Å². The predicted octanol–water partition coefficient (Wildman–Crippen LogP) is 5.07. The summed E-state index contributed by atoms with van der Waals surface area (Å²) in [6.07, 6.45) is 6.75. The highest BCUT2D eigenvalue weighted by Crippen LogP contribution is 2.68. The summed E-state index contributed by atoms with van der Waals surface area (Å²) in [7, 11) is 6.97. The molecular weight excluding hydrogens is 877 g/mol. The maximum Gasteiger partial charge on any atom is 0.344 e. The number of nitrogens with zero attached hydrogens (tertiary/aromatic N) is 3. The Morgan fingerprint density at radius 2 is 1.64 bits per heavy atom. The smallest absolute Gasteiger partial charge is 0.344 e. The van der Waals surface area contributed by atoms with E-state index >= 15 is 4.79 Å². The fourth-order valence-electron chi connectivity index (χ4n) is 15.4. The molecule has 10 rings (SSSR count). The molecule has 69 heavy (non-hydrogen) atoms. The molecule has 370 valence electrons. The molecule has 1 saturated carbocycles. The van der Waals surface area contributed by atoms with E-state index in [2.05, 4.69) is 71.4 Å². The molecule has 3 aromatic carbocycles. The van der Waals surface area contributed by atoms with Gasteiger partial charge in [0, 0.05) is 89.2 Å². The molecule has 10 atom stereocenters. The van der Waals surface area contributed by atoms with E-state index in [-0.39, 0.29) is 12.0 Å². The van der Waals surface area contributed by atoms with Crippen LogP contribution in [0.25, 0.3) is 10.9 Å². The number of quaternary nitrogens is 1. The number of methoxy groups -OCH3 is 3. The van der Waals surface area contributed by atoms with Crippen molar-refractivity contribution in [1.82, 2.24) is 9.88 Å². The lowest BCUT2D eigenvalue weighted by atomic mass is 9.47. The van der Waals surface area contributed by atoms with Crippen molar-refractivity contribution < 1.29 is 53.1 Å². The van der Waals surface area contributed by atoms with Gasteiger partial charge in [-0.15, -0.1) is 0 Å². The highest BCUT2D eigenvalue weighted by Gasteiger charge is 2.80. The number of piperidine rings is 1. The summed E-state index contributed by atoms with van der Waals surface area (Å²) in [6, 6.07) is 21.6. The summed E-state index contributed by atoms with van der Waals surface area (Å²) < 4.78 is 25.0. The quantitative estimate of drug-likeness (QED) is 0.0882. The van der Waals surface area contributed by atoms with Crippen molar-refractivity contribution in [2.24, 2.45) is 11.3 Å². The predicted molar refractivity (Wildman–Crippen MR) is 260 cm³/mol. The second kappa shape index (κ2) is 17.9. The minimum absolute atomic E-state index is 0.146. The Hall–Kier alpha value is -5.25. The first-order valence-corrected chi connectivity index (χ1v) is 24.7. The number of anilines is 1. The SMILES string of the molecule is CC[C@]1(O)C[C@H]2C[C@@](C(=O)OC)(c3cc4c(cc3OC)N(C)[C@H]3[C@@](O)(C(=O)OC)[C@H](OC(C)=O)[C@]5(CC)C=CCN6CC[C@]43[C@@H]65)c3[nH]c4ccccc4c3CCC[N+](Cc3ccccc3)(C2)C1.C[O-]. The number of ether oxygens (including phenoxy) is 4. The van der Waals surface area contributed by atoms with Gasteiger partial charge in [-0.3, -0.25) is 14.5 Å². The molecule has 1 aromatic heterocycles. The number of aliphatic hydroxyl groups is 2. The maximum absolute atomic E-state index is 15.8. The summed E-state index contributed by atoms with van der Waals surface area (Å²) in [5.41, 5.74) is -0.535. The Kier molecular flexibility index (Phi) is 12.6. The van der Waals surface area contributed by atoms with Gasteiger partial charge in [0.2, 0.25) is 5.60 Å². The van der Waals surface area contributed by atoms with Crippen molar-refractivity contribution in [3.8, 4) is 5.75 Å². The minimum atomic E-state index is -2.32. The molecule has 0 amide bonds. The lowest BCUT2D eigenvalue weighted by molar-refractivity contribution is -0.955. The van der Waals surface area contributed by atoms with Gasteiger partial charge in [-0.1, -0.05) is 74.5 Å². The molecule has 3 fully saturated rings. The maximum atomic E-state index is 15.8. The zero-order valence-electron chi connectivity index (χ0n) is 41.5. The van der Waals surface area contributed by atoms with Gasteiger partial charge in [0.1, 0.15) is 29.9 Å². The normalized spacial score (nSPS) is 34.3. The second-order valence-corrected chi connectivity index (χ2v) is 20.9. The van der Waals surface area contributed by atoms with Gasteiger partial charge in [0.25, 0.3) is 0 Å². The van der Waals surface area contributed by atoms with Crippen LogP contribution in [0.15, 0.2) is 78.9 Å². The number of H-pyrrole nitrogens is 1. The number of carbonyl (C=O) groups is 3. The molecule has 6 heterocycles. The van der Waals surface area contributed by atoms with Crippen molar-refractivity contribution in [2.75, 3.05) is 73.1 Å². The first-order valence-electron chi connectivity index (χ1n) is 24.7. The molecule has 1 aliphatic carbocycles. The fourth-order valence-corrected chi connectivity index (χ4v) is 15.4. The summed E-state index contributed by atoms with van der Waals surface area (Å²) in [6.45, 7) is 9.68. The zero-order chi connectivity index (χ0) is 49.3. The van der Waals surface area contributed by atoms with Gasteiger partial charge in [0.05, 0.1) is 40.5 Å². The van der Waals surface area contributed by atoms with Gasteiger partial charge in [-0.25, -0.2) is 4.79 Å². The van der Waals surface area contributed by atoms with E-state index < -0.39 is 57.5 Å². The summed E-state index contributed by atoms with van der Waals surface area (Å²) >= 11 is 0. The number of para-hydroxylation sites is 1. The fraction of sp³-hybridized carbons (Fsp3) is 0.545. The zero-order valence-corrected chi connectivity index (χ0v) is 41.5. The molecule has 14 heteroatoms. The first-order chi connectivity index (χ1) is 33.1. The molecule has 3 N–H and O–H groups in total. The number of hydrogen-bond donors (Lipinski definition) is 3. The van der Waals surface area contributed by atoms with Crippen LogP contribution in [0.4, 0.5) is 5.69 Å². The number of hydrogen-bond acceptors (Lipinski definition) is 12. The van der Waals surface area contributed by atoms with Crippen LogP contribution >= 0.6 is 0 Å². The Bertz CT molecular complexity index is 2650. The summed E-state index contributed by atoms with van der Waals surface area (Å²) in [5.74, 6) is -1.61. The molecular formula is C55H70N4O10. The molecule has 1 unspecified atom stereocenters. The van der Waals surface area contributed by atoms with E-state index in [4.69, 9.17) is 24.1 Å².